The fourth-order valence-corrected chi connectivity index (χ4v) is 3.79. The third kappa shape index (κ3) is 11.0. The zero-order valence-corrected chi connectivity index (χ0v) is 22.8. The van der Waals surface area contributed by atoms with E-state index in [1.807, 2.05) is 48.5 Å². The molecule has 2 rings (SSSR count). The summed E-state index contributed by atoms with van der Waals surface area (Å²) in [5.41, 5.74) is 0.994. The van der Waals surface area contributed by atoms with Gasteiger partial charge in [0.05, 0.1) is 14.2 Å². The van der Waals surface area contributed by atoms with Crippen LogP contribution < -0.4 is 20.1 Å². The molecule has 0 saturated carbocycles. The Kier molecular flexibility index (Phi) is 11.7. The quantitative estimate of drug-likeness (QED) is 0.325. The summed E-state index contributed by atoms with van der Waals surface area (Å²) in [5.74, 6) is 1.06. The largest absolute Gasteiger partial charge is 0.497 e. The number of rotatable bonds is 13. The Balaban J connectivity index is 2.30. The van der Waals surface area contributed by atoms with Crippen molar-refractivity contribution in [1.29, 1.82) is 0 Å². The number of unbranched alkanes of at least 4 members (excludes halogenated alkanes) is 1. The first-order valence-electron chi connectivity index (χ1n) is 12.5. The summed E-state index contributed by atoms with van der Waals surface area (Å²) in [5, 5.41) is 13.8. The lowest BCUT2D eigenvalue weighted by molar-refractivity contribution is -0.135. The Labute approximate surface area is 224 Å². The van der Waals surface area contributed by atoms with Gasteiger partial charge in [0.1, 0.15) is 23.1 Å². The minimum absolute atomic E-state index is 0.250. The highest BCUT2D eigenvalue weighted by molar-refractivity contribution is 5.85. The number of nitrogens with zero attached hydrogens (tertiary/aromatic N) is 1. The van der Waals surface area contributed by atoms with Crippen molar-refractivity contribution in [2.45, 2.75) is 64.8 Å². The van der Waals surface area contributed by atoms with Crippen LogP contribution in [0, 0.1) is 0 Å². The van der Waals surface area contributed by atoms with Gasteiger partial charge in [-0.3, -0.25) is 4.79 Å². The number of carbonyl (C=O) groups excluding carboxylic acids is 2. The molecule has 0 aliphatic rings. The van der Waals surface area contributed by atoms with Gasteiger partial charge in [-0.25, -0.2) is 9.59 Å². The molecule has 0 saturated heterocycles. The van der Waals surface area contributed by atoms with E-state index in [-0.39, 0.29) is 25.5 Å². The van der Waals surface area contributed by atoms with Crippen molar-refractivity contribution in [2.24, 2.45) is 0 Å². The second kappa shape index (κ2) is 14.7. The van der Waals surface area contributed by atoms with Gasteiger partial charge in [-0.1, -0.05) is 24.3 Å². The molecule has 2 aromatic carbocycles. The predicted octanol–water partition coefficient (Wildman–Crippen LogP) is 4.56. The number of carbonyl (C=O) groups is 3. The second-order valence-electron chi connectivity index (χ2n) is 9.82. The first kappa shape index (κ1) is 30.3. The third-order valence-electron chi connectivity index (χ3n) is 5.51. The lowest BCUT2D eigenvalue weighted by atomic mass is 10.1. The van der Waals surface area contributed by atoms with Crippen molar-refractivity contribution < 1.29 is 33.7 Å². The Morgan fingerprint density at radius 2 is 1.47 bits per heavy atom. The van der Waals surface area contributed by atoms with Crippen molar-refractivity contribution in [3.63, 3.8) is 0 Å². The van der Waals surface area contributed by atoms with E-state index in [2.05, 4.69) is 10.6 Å². The van der Waals surface area contributed by atoms with E-state index < -0.39 is 23.8 Å². The molecule has 3 amide bonds. The minimum atomic E-state index is -1.10. The number of amides is 3. The normalized spacial score (nSPS) is 11.7. The van der Waals surface area contributed by atoms with Crippen molar-refractivity contribution in [3.05, 3.63) is 59.7 Å². The standard InChI is InChI=1S/C28H39N3O7/c1-28(2,3)38-27(35)30-24(14-6-7-15-29-26(33)34)25(32)31(18-20-10-8-12-22(16-20)36-4)19-21-11-9-13-23(17-21)37-5/h8-13,16-17,24,29H,6-7,14-15,18-19H2,1-5H3,(H,30,35)(H,33,34)/t24-/m0/s1. The molecule has 0 bridgehead atoms. The van der Waals surface area contributed by atoms with Crippen molar-refractivity contribution in [3.8, 4) is 11.5 Å². The van der Waals surface area contributed by atoms with Gasteiger partial charge in [-0.05, 0) is 75.4 Å². The summed E-state index contributed by atoms with van der Waals surface area (Å²) in [7, 11) is 3.16. The van der Waals surface area contributed by atoms with Crippen molar-refractivity contribution in [1.82, 2.24) is 15.5 Å². The van der Waals surface area contributed by atoms with E-state index in [0.717, 1.165) is 11.1 Å². The zero-order chi connectivity index (χ0) is 28.1. The van der Waals surface area contributed by atoms with Crippen molar-refractivity contribution in [2.75, 3.05) is 20.8 Å². The lowest BCUT2D eigenvalue weighted by Gasteiger charge is -2.29. The van der Waals surface area contributed by atoms with Crippen LogP contribution in [-0.4, -0.2) is 60.5 Å². The highest BCUT2D eigenvalue weighted by atomic mass is 16.6. The van der Waals surface area contributed by atoms with Crippen LogP contribution in [0.1, 0.15) is 51.2 Å². The number of methoxy groups -OCH3 is 2. The van der Waals surface area contributed by atoms with Crippen LogP contribution in [0.25, 0.3) is 0 Å². The van der Waals surface area contributed by atoms with Gasteiger partial charge in [0, 0.05) is 19.6 Å². The van der Waals surface area contributed by atoms with E-state index in [1.165, 1.54) is 0 Å². The number of carboxylic acid groups (broad SMARTS) is 1. The number of nitrogens with one attached hydrogen (secondary N) is 2. The van der Waals surface area contributed by atoms with E-state index >= 15 is 0 Å². The fourth-order valence-electron chi connectivity index (χ4n) is 3.79. The smallest absolute Gasteiger partial charge is 0.408 e. The lowest BCUT2D eigenvalue weighted by Crippen LogP contribution is -2.49. The second-order valence-corrected chi connectivity index (χ2v) is 9.82. The van der Waals surface area contributed by atoms with E-state index in [9.17, 15) is 14.4 Å². The third-order valence-corrected chi connectivity index (χ3v) is 5.51. The van der Waals surface area contributed by atoms with Crippen LogP contribution in [0.4, 0.5) is 9.59 Å². The van der Waals surface area contributed by atoms with Crippen molar-refractivity contribution >= 4 is 18.1 Å². The number of benzene rings is 2. The first-order valence-corrected chi connectivity index (χ1v) is 12.5. The SMILES string of the molecule is COc1cccc(CN(Cc2cccc(OC)c2)C(=O)[C@H](CCCCNC(=O)O)NC(=O)OC(C)(C)C)c1. The summed E-state index contributed by atoms with van der Waals surface area (Å²) in [6.45, 7) is 6.05. The molecule has 10 nitrogen and oxygen atoms in total. The maximum Gasteiger partial charge on any atom is 0.408 e. The van der Waals surface area contributed by atoms with Crippen LogP contribution in [0.3, 0.4) is 0 Å². The first-order chi connectivity index (χ1) is 18.0. The van der Waals surface area contributed by atoms with Crippen LogP contribution in [0.2, 0.25) is 0 Å². The Bertz CT molecular complexity index is 1020. The van der Waals surface area contributed by atoms with Gasteiger partial charge in [0.2, 0.25) is 5.91 Å². The molecule has 0 heterocycles. The van der Waals surface area contributed by atoms with Gasteiger partial charge < -0.3 is 34.9 Å². The number of hydrogen-bond donors (Lipinski definition) is 3. The van der Waals surface area contributed by atoms with Gasteiger partial charge in [-0.15, -0.1) is 0 Å². The monoisotopic (exact) mass is 529 g/mol. The summed E-state index contributed by atoms with van der Waals surface area (Å²) in [4.78, 5) is 39.0. The average Bonchev–Trinajstić information content (AvgIpc) is 2.86. The molecule has 3 N–H and O–H groups in total. The Hall–Kier alpha value is -3.95. The van der Waals surface area contributed by atoms with Crippen LogP contribution in [-0.2, 0) is 22.6 Å². The molecule has 0 aliphatic carbocycles. The molecule has 0 aliphatic heterocycles. The highest BCUT2D eigenvalue weighted by Crippen LogP contribution is 2.20. The predicted molar refractivity (Wildman–Crippen MR) is 143 cm³/mol. The molecule has 0 fully saturated rings. The maximum absolute atomic E-state index is 13.9. The zero-order valence-electron chi connectivity index (χ0n) is 22.8. The number of ether oxygens (including phenoxy) is 3. The molecule has 38 heavy (non-hydrogen) atoms. The molecule has 0 unspecified atom stereocenters. The summed E-state index contributed by atoms with van der Waals surface area (Å²) < 4.78 is 16.1. The fraction of sp³-hybridized carbons (Fsp3) is 0.464. The molecule has 0 spiro atoms. The van der Waals surface area contributed by atoms with Crippen LogP contribution in [0.5, 0.6) is 11.5 Å². The number of alkyl carbamates (subject to hydrolysis) is 1. The molecule has 2 aromatic rings. The number of hydrogen-bond acceptors (Lipinski definition) is 6. The average molecular weight is 530 g/mol. The topological polar surface area (TPSA) is 126 Å². The van der Waals surface area contributed by atoms with E-state index in [1.54, 1.807) is 39.9 Å². The van der Waals surface area contributed by atoms with E-state index in [0.29, 0.717) is 30.8 Å². The summed E-state index contributed by atoms with van der Waals surface area (Å²) in [6.07, 6.45) is -0.461. The van der Waals surface area contributed by atoms with Gasteiger partial charge in [0.25, 0.3) is 0 Å². The Morgan fingerprint density at radius 1 is 0.921 bits per heavy atom. The Morgan fingerprint density at radius 3 is 1.95 bits per heavy atom. The molecule has 0 radical (unpaired) electrons. The van der Waals surface area contributed by atoms with Gasteiger partial charge in [0.15, 0.2) is 0 Å². The minimum Gasteiger partial charge on any atom is -0.497 e. The summed E-state index contributed by atoms with van der Waals surface area (Å²) in [6, 6.07) is 14.0. The molecular formula is C28H39N3O7. The maximum atomic E-state index is 13.9. The van der Waals surface area contributed by atoms with Crippen LogP contribution in [0.15, 0.2) is 48.5 Å². The molecule has 0 aromatic heterocycles. The van der Waals surface area contributed by atoms with E-state index in [4.69, 9.17) is 19.3 Å². The van der Waals surface area contributed by atoms with Crippen LogP contribution >= 0.6 is 0 Å². The van der Waals surface area contributed by atoms with Gasteiger partial charge >= 0.3 is 12.2 Å². The molecule has 1 atom stereocenters. The molecular weight excluding hydrogens is 490 g/mol. The molecule has 208 valence electrons. The molecule has 10 heteroatoms. The van der Waals surface area contributed by atoms with Gasteiger partial charge in [-0.2, -0.15) is 0 Å². The highest BCUT2D eigenvalue weighted by Gasteiger charge is 2.28. The summed E-state index contributed by atoms with van der Waals surface area (Å²) >= 11 is 0.